The van der Waals surface area contributed by atoms with Gasteiger partial charge in [-0.05, 0) is 55.2 Å². The summed E-state index contributed by atoms with van der Waals surface area (Å²) in [4.78, 5) is 10.1. The van der Waals surface area contributed by atoms with Crippen molar-refractivity contribution in [2.24, 2.45) is 11.8 Å². The Hall–Kier alpha value is -1.83. The Morgan fingerprint density at radius 2 is 1.84 bits per heavy atom. The predicted octanol–water partition coefficient (Wildman–Crippen LogP) is 2.73. The highest BCUT2D eigenvalue weighted by atomic mass is 16.4. The number of carbonyl (C=O) groups excluding carboxylic acids is 1. The number of carboxylic acids is 1. The molecule has 19 heavy (non-hydrogen) atoms. The SMILES string of the molecule is C1=CC2CCC1C2.Cc1ccccc1C=CC(=O)[O-]. The zero-order valence-corrected chi connectivity index (χ0v) is 11.2. The van der Waals surface area contributed by atoms with Crippen LogP contribution in [0, 0.1) is 18.8 Å². The molecule has 0 saturated heterocycles. The normalized spacial score (nSPS) is 23.4. The molecule has 2 aliphatic rings. The zero-order chi connectivity index (χ0) is 13.7. The Labute approximate surface area is 114 Å². The second kappa shape index (κ2) is 6.37. The molecular weight excluding hydrogens is 236 g/mol. The summed E-state index contributed by atoms with van der Waals surface area (Å²) in [6.45, 7) is 1.93. The third-order valence-corrected chi connectivity index (χ3v) is 3.76. The molecular formula is C17H19O2-. The molecule has 1 fully saturated rings. The lowest BCUT2D eigenvalue weighted by atomic mass is 10.1. The molecule has 0 radical (unpaired) electrons. The van der Waals surface area contributed by atoms with Crippen molar-refractivity contribution in [3.63, 3.8) is 0 Å². The van der Waals surface area contributed by atoms with Gasteiger partial charge in [-0.15, -0.1) is 0 Å². The van der Waals surface area contributed by atoms with Crippen LogP contribution in [-0.4, -0.2) is 5.97 Å². The first-order chi connectivity index (χ1) is 9.15. The van der Waals surface area contributed by atoms with Gasteiger partial charge in [0, 0.05) is 0 Å². The van der Waals surface area contributed by atoms with E-state index < -0.39 is 5.97 Å². The molecule has 0 heterocycles. The highest BCUT2D eigenvalue weighted by Gasteiger charge is 2.25. The fraction of sp³-hybridized carbons (Fsp3) is 0.353. The Morgan fingerprint density at radius 3 is 2.26 bits per heavy atom. The molecule has 0 aliphatic heterocycles. The number of rotatable bonds is 2. The van der Waals surface area contributed by atoms with Gasteiger partial charge in [0.25, 0.3) is 0 Å². The molecule has 1 aromatic rings. The molecule has 2 unspecified atom stereocenters. The van der Waals surface area contributed by atoms with E-state index in [0.29, 0.717) is 0 Å². The van der Waals surface area contributed by atoms with Gasteiger partial charge in [0.2, 0.25) is 0 Å². The van der Waals surface area contributed by atoms with Gasteiger partial charge in [0.15, 0.2) is 0 Å². The van der Waals surface area contributed by atoms with Crippen LogP contribution in [0.15, 0.2) is 42.5 Å². The second-order valence-corrected chi connectivity index (χ2v) is 5.23. The zero-order valence-electron chi connectivity index (χ0n) is 11.2. The highest BCUT2D eigenvalue weighted by molar-refractivity contribution is 5.83. The minimum absolute atomic E-state index is 0.904. The van der Waals surface area contributed by atoms with Crippen molar-refractivity contribution in [2.75, 3.05) is 0 Å². The molecule has 2 nitrogen and oxygen atoms in total. The van der Waals surface area contributed by atoms with Gasteiger partial charge in [-0.1, -0.05) is 42.5 Å². The van der Waals surface area contributed by atoms with E-state index in [2.05, 4.69) is 12.2 Å². The van der Waals surface area contributed by atoms with E-state index in [1.807, 2.05) is 31.2 Å². The quantitative estimate of drug-likeness (QED) is 0.602. The van der Waals surface area contributed by atoms with E-state index in [1.165, 1.54) is 25.3 Å². The van der Waals surface area contributed by atoms with Crippen LogP contribution in [0.2, 0.25) is 0 Å². The average Bonchev–Trinajstić information content (AvgIpc) is 3.03. The lowest BCUT2D eigenvalue weighted by Crippen LogP contribution is -2.18. The molecule has 3 rings (SSSR count). The Morgan fingerprint density at radius 1 is 1.21 bits per heavy atom. The first-order valence-corrected chi connectivity index (χ1v) is 6.78. The topological polar surface area (TPSA) is 40.1 Å². The maximum Gasteiger partial charge on any atom is 0.0643 e. The summed E-state index contributed by atoms with van der Waals surface area (Å²) in [5.41, 5.74) is 1.96. The fourth-order valence-electron chi connectivity index (χ4n) is 2.65. The third kappa shape index (κ3) is 4.09. The van der Waals surface area contributed by atoms with Gasteiger partial charge in [0.1, 0.15) is 0 Å². The third-order valence-electron chi connectivity index (χ3n) is 3.76. The van der Waals surface area contributed by atoms with Gasteiger partial charge in [-0.25, -0.2) is 0 Å². The van der Waals surface area contributed by atoms with Crippen molar-refractivity contribution in [3.8, 4) is 0 Å². The minimum atomic E-state index is -1.17. The average molecular weight is 255 g/mol. The largest absolute Gasteiger partial charge is 0.545 e. The van der Waals surface area contributed by atoms with Gasteiger partial charge < -0.3 is 9.90 Å². The molecule has 2 heteroatoms. The van der Waals surface area contributed by atoms with Crippen LogP contribution in [0.3, 0.4) is 0 Å². The van der Waals surface area contributed by atoms with Crippen molar-refractivity contribution in [1.29, 1.82) is 0 Å². The Bertz CT molecular complexity index is 488. The van der Waals surface area contributed by atoms with Gasteiger partial charge in [0.05, 0.1) is 5.97 Å². The van der Waals surface area contributed by atoms with E-state index >= 15 is 0 Å². The monoisotopic (exact) mass is 255 g/mol. The van der Waals surface area contributed by atoms with Crippen LogP contribution in [-0.2, 0) is 4.79 Å². The Kier molecular flexibility index (Phi) is 4.56. The van der Waals surface area contributed by atoms with Gasteiger partial charge in [-0.3, -0.25) is 0 Å². The van der Waals surface area contributed by atoms with Crippen molar-refractivity contribution in [2.45, 2.75) is 26.2 Å². The summed E-state index contributed by atoms with van der Waals surface area (Å²) < 4.78 is 0. The maximum atomic E-state index is 10.1. The lowest BCUT2D eigenvalue weighted by Gasteiger charge is -1.98. The summed E-state index contributed by atoms with van der Waals surface area (Å²) in [5.74, 6) is 0.813. The molecule has 0 spiro atoms. The number of hydrogen-bond donors (Lipinski definition) is 0. The molecule has 0 N–H and O–H groups in total. The summed E-state index contributed by atoms with van der Waals surface area (Å²) in [6, 6.07) is 7.55. The smallest absolute Gasteiger partial charge is 0.0643 e. The van der Waals surface area contributed by atoms with Crippen LogP contribution in [0.1, 0.15) is 30.4 Å². The van der Waals surface area contributed by atoms with Crippen molar-refractivity contribution in [1.82, 2.24) is 0 Å². The van der Waals surface area contributed by atoms with Crippen molar-refractivity contribution < 1.29 is 9.90 Å². The number of aliphatic carboxylic acids is 1. The number of carboxylic acid groups (broad SMARTS) is 1. The predicted molar refractivity (Wildman–Crippen MR) is 75.2 cm³/mol. The van der Waals surface area contributed by atoms with E-state index in [0.717, 1.165) is 29.0 Å². The van der Waals surface area contributed by atoms with Crippen LogP contribution >= 0.6 is 0 Å². The van der Waals surface area contributed by atoms with Crippen molar-refractivity contribution in [3.05, 3.63) is 53.6 Å². The molecule has 100 valence electrons. The summed E-state index contributed by atoms with van der Waals surface area (Å²) in [5, 5.41) is 10.1. The fourth-order valence-corrected chi connectivity index (χ4v) is 2.65. The lowest BCUT2D eigenvalue weighted by molar-refractivity contribution is -0.297. The van der Waals surface area contributed by atoms with Gasteiger partial charge in [-0.2, -0.15) is 0 Å². The number of fused-ring (bicyclic) bond motifs is 2. The molecule has 1 saturated carbocycles. The molecule has 0 aromatic heterocycles. The first kappa shape index (κ1) is 13.6. The van der Waals surface area contributed by atoms with Crippen molar-refractivity contribution >= 4 is 12.0 Å². The van der Waals surface area contributed by atoms with Gasteiger partial charge >= 0.3 is 0 Å². The molecule has 2 atom stereocenters. The maximum absolute atomic E-state index is 10.1. The van der Waals surface area contributed by atoms with Crippen LogP contribution in [0.5, 0.6) is 0 Å². The molecule has 2 aliphatic carbocycles. The standard InChI is InChI=1S/C10H10O2.C7H10/c1-8-4-2-3-5-9(8)6-7-10(11)12;1-2-7-4-3-6(1)5-7/h2-7H,1H3,(H,11,12);1-2,6-7H,3-5H2/p-1. The van der Waals surface area contributed by atoms with E-state index in [4.69, 9.17) is 0 Å². The van der Waals surface area contributed by atoms with Crippen LogP contribution in [0.4, 0.5) is 0 Å². The summed E-state index contributed by atoms with van der Waals surface area (Å²) >= 11 is 0. The molecule has 1 aromatic carbocycles. The van der Waals surface area contributed by atoms with E-state index in [9.17, 15) is 9.90 Å². The number of carbonyl (C=O) groups is 1. The van der Waals surface area contributed by atoms with E-state index in [-0.39, 0.29) is 0 Å². The number of aryl methyl sites for hydroxylation is 1. The van der Waals surface area contributed by atoms with Crippen LogP contribution < -0.4 is 5.11 Å². The highest BCUT2D eigenvalue weighted by Crippen LogP contribution is 2.38. The Balaban J connectivity index is 0.000000159. The summed E-state index contributed by atoms with van der Waals surface area (Å²) in [7, 11) is 0. The van der Waals surface area contributed by atoms with E-state index in [1.54, 1.807) is 0 Å². The number of hydrogen-bond acceptors (Lipinski definition) is 2. The number of benzene rings is 1. The minimum Gasteiger partial charge on any atom is -0.545 e. The summed E-state index contributed by atoms with van der Waals surface area (Å²) in [6.07, 6.45) is 11.7. The number of allylic oxidation sites excluding steroid dienone is 2. The molecule has 0 amide bonds. The second-order valence-electron chi connectivity index (χ2n) is 5.23. The molecule has 2 bridgehead atoms. The first-order valence-electron chi connectivity index (χ1n) is 6.78. The van der Waals surface area contributed by atoms with Crippen LogP contribution in [0.25, 0.3) is 6.08 Å².